The Kier molecular flexibility index (Phi) is 3.91. The third-order valence-electron chi connectivity index (χ3n) is 4.16. The highest BCUT2D eigenvalue weighted by Crippen LogP contribution is 2.24. The minimum atomic E-state index is 0.586. The minimum absolute atomic E-state index is 0.586. The highest BCUT2D eigenvalue weighted by Gasteiger charge is 2.12. The molecule has 5 rings (SSSR count). The average molecular weight is 366 g/mol. The van der Waals surface area contributed by atoms with Gasteiger partial charge in [0, 0.05) is 23.5 Å². The Hall–Kier alpha value is -4.20. The van der Waals surface area contributed by atoms with Crippen LogP contribution in [0.4, 0.5) is 0 Å². The fraction of sp³-hybridized carbons (Fsp3) is 0. The summed E-state index contributed by atoms with van der Waals surface area (Å²) in [5.74, 6) is 2.42. The fourth-order valence-corrected chi connectivity index (χ4v) is 2.81. The lowest BCUT2D eigenvalue weighted by atomic mass is 10.1. The SMILES string of the molecule is c1ccc(-c2nc(-c3cccc(-c4n[nH]c(-c5ccccn5)n4)c3)n[nH]2)nc1. The Morgan fingerprint density at radius 2 is 1.11 bits per heavy atom. The van der Waals surface area contributed by atoms with Gasteiger partial charge in [-0.05, 0) is 30.3 Å². The van der Waals surface area contributed by atoms with E-state index in [4.69, 9.17) is 0 Å². The van der Waals surface area contributed by atoms with E-state index in [1.165, 1.54) is 0 Å². The first-order valence-corrected chi connectivity index (χ1v) is 8.65. The number of hydrogen-bond donors (Lipinski definition) is 2. The summed E-state index contributed by atoms with van der Waals surface area (Å²) in [5, 5.41) is 14.5. The molecule has 4 aromatic heterocycles. The molecule has 8 heteroatoms. The summed E-state index contributed by atoms with van der Waals surface area (Å²) >= 11 is 0. The van der Waals surface area contributed by atoms with Crippen molar-refractivity contribution in [3.8, 4) is 45.8 Å². The van der Waals surface area contributed by atoms with Gasteiger partial charge < -0.3 is 0 Å². The summed E-state index contributed by atoms with van der Waals surface area (Å²) in [5.41, 5.74) is 3.21. The van der Waals surface area contributed by atoms with E-state index in [1.54, 1.807) is 12.4 Å². The van der Waals surface area contributed by atoms with Crippen LogP contribution in [0.3, 0.4) is 0 Å². The van der Waals surface area contributed by atoms with Crippen molar-refractivity contribution < 1.29 is 0 Å². The normalized spacial score (nSPS) is 10.9. The van der Waals surface area contributed by atoms with Crippen molar-refractivity contribution in [1.82, 2.24) is 40.3 Å². The van der Waals surface area contributed by atoms with Crippen LogP contribution in [-0.2, 0) is 0 Å². The third kappa shape index (κ3) is 3.03. The van der Waals surface area contributed by atoms with Crippen molar-refractivity contribution in [2.24, 2.45) is 0 Å². The maximum atomic E-state index is 4.55. The van der Waals surface area contributed by atoms with Crippen molar-refractivity contribution in [1.29, 1.82) is 0 Å². The first-order valence-electron chi connectivity index (χ1n) is 8.65. The molecule has 0 saturated heterocycles. The lowest BCUT2D eigenvalue weighted by Crippen LogP contribution is -1.86. The van der Waals surface area contributed by atoms with Crippen molar-refractivity contribution in [3.63, 3.8) is 0 Å². The second-order valence-electron chi connectivity index (χ2n) is 6.03. The first kappa shape index (κ1) is 16.0. The van der Waals surface area contributed by atoms with E-state index in [9.17, 15) is 0 Å². The molecule has 0 spiro atoms. The molecule has 0 aliphatic rings. The molecule has 0 unspecified atom stereocenters. The van der Waals surface area contributed by atoms with Gasteiger partial charge in [0.05, 0.1) is 0 Å². The van der Waals surface area contributed by atoms with Gasteiger partial charge in [0.1, 0.15) is 11.4 Å². The molecule has 134 valence electrons. The number of aromatic nitrogens is 8. The molecule has 28 heavy (non-hydrogen) atoms. The van der Waals surface area contributed by atoms with Crippen LogP contribution in [0, 0.1) is 0 Å². The van der Waals surface area contributed by atoms with Gasteiger partial charge in [-0.15, -0.1) is 0 Å². The standard InChI is InChI=1S/C20H14N8/c1-3-10-21-15(8-1)19-23-17(25-27-19)13-6-5-7-14(12-13)18-24-20(28-26-18)16-9-2-4-11-22-16/h1-12H,(H,23,25,27)(H,24,26,28). The Balaban J connectivity index is 1.46. The molecule has 1 aromatic carbocycles. The second-order valence-corrected chi connectivity index (χ2v) is 6.03. The molecule has 4 heterocycles. The van der Waals surface area contributed by atoms with Crippen LogP contribution in [0.25, 0.3) is 45.8 Å². The molecule has 0 aliphatic carbocycles. The molecule has 0 atom stereocenters. The van der Waals surface area contributed by atoms with Crippen molar-refractivity contribution >= 4 is 0 Å². The Morgan fingerprint density at radius 1 is 0.571 bits per heavy atom. The van der Waals surface area contributed by atoms with Gasteiger partial charge in [-0.3, -0.25) is 20.2 Å². The summed E-state index contributed by atoms with van der Waals surface area (Å²) in [7, 11) is 0. The molecule has 0 radical (unpaired) electrons. The van der Waals surface area contributed by atoms with Gasteiger partial charge in [0.15, 0.2) is 23.3 Å². The zero-order chi connectivity index (χ0) is 18.8. The number of nitrogens with zero attached hydrogens (tertiary/aromatic N) is 6. The quantitative estimate of drug-likeness (QED) is 0.505. The van der Waals surface area contributed by atoms with Crippen molar-refractivity contribution in [3.05, 3.63) is 73.1 Å². The number of H-pyrrole nitrogens is 2. The third-order valence-corrected chi connectivity index (χ3v) is 4.16. The average Bonchev–Trinajstić information content (AvgIpc) is 3.46. The van der Waals surface area contributed by atoms with E-state index in [0.29, 0.717) is 23.3 Å². The molecule has 0 fully saturated rings. The lowest BCUT2D eigenvalue weighted by molar-refractivity contribution is 1.09. The lowest BCUT2D eigenvalue weighted by Gasteiger charge is -1.99. The Labute approximate surface area is 159 Å². The number of rotatable bonds is 4. The van der Waals surface area contributed by atoms with Crippen LogP contribution in [-0.4, -0.2) is 40.3 Å². The maximum Gasteiger partial charge on any atom is 0.181 e. The number of benzene rings is 1. The van der Waals surface area contributed by atoms with E-state index < -0.39 is 0 Å². The second kappa shape index (κ2) is 6.84. The molecule has 2 N–H and O–H groups in total. The number of pyridine rings is 2. The number of hydrogen-bond acceptors (Lipinski definition) is 6. The number of aromatic amines is 2. The summed E-state index contributed by atoms with van der Waals surface area (Å²) in [6.45, 7) is 0. The minimum Gasteiger partial charge on any atom is -0.257 e. The smallest absolute Gasteiger partial charge is 0.181 e. The van der Waals surface area contributed by atoms with Crippen LogP contribution in [0.2, 0.25) is 0 Å². The largest absolute Gasteiger partial charge is 0.257 e. The molecule has 0 bridgehead atoms. The monoisotopic (exact) mass is 366 g/mol. The molecular weight excluding hydrogens is 352 g/mol. The van der Waals surface area contributed by atoms with Crippen LogP contribution < -0.4 is 0 Å². The van der Waals surface area contributed by atoms with Gasteiger partial charge in [0.25, 0.3) is 0 Å². The summed E-state index contributed by atoms with van der Waals surface area (Å²) < 4.78 is 0. The van der Waals surface area contributed by atoms with Crippen molar-refractivity contribution in [2.75, 3.05) is 0 Å². The molecule has 5 aromatic rings. The summed E-state index contributed by atoms with van der Waals surface area (Å²) in [6, 6.07) is 19.1. The highest BCUT2D eigenvalue weighted by molar-refractivity contribution is 5.68. The fourth-order valence-electron chi connectivity index (χ4n) is 2.81. The van der Waals surface area contributed by atoms with Gasteiger partial charge in [0.2, 0.25) is 0 Å². The van der Waals surface area contributed by atoms with Gasteiger partial charge in [-0.2, -0.15) is 10.2 Å². The predicted octanol–water partition coefficient (Wildman–Crippen LogP) is 3.38. The molecule has 0 saturated carbocycles. The van der Waals surface area contributed by atoms with E-state index in [1.807, 2.05) is 60.7 Å². The predicted molar refractivity (Wildman–Crippen MR) is 104 cm³/mol. The topological polar surface area (TPSA) is 109 Å². The Morgan fingerprint density at radius 3 is 1.57 bits per heavy atom. The van der Waals surface area contributed by atoms with Crippen LogP contribution in [0.15, 0.2) is 73.1 Å². The van der Waals surface area contributed by atoms with E-state index in [2.05, 4.69) is 40.3 Å². The first-order chi connectivity index (χ1) is 13.9. The van der Waals surface area contributed by atoms with E-state index in [0.717, 1.165) is 22.5 Å². The maximum absolute atomic E-state index is 4.55. The van der Waals surface area contributed by atoms with E-state index in [-0.39, 0.29) is 0 Å². The van der Waals surface area contributed by atoms with Crippen LogP contribution >= 0.6 is 0 Å². The summed E-state index contributed by atoms with van der Waals surface area (Å²) in [6.07, 6.45) is 3.45. The van der Waals surface area contributed by atoms with Crippen LogP contribution in [0.1, 0.15) is 0 Å². The molecule has 0 amide bonds. The van der Waals surface area contributed by atoms with Gasteiger partial charge >= 0.3 is 0 Å². The van der Waals surface area contributed by atoms with Gasteiger partial charge in [-0.25, -0.2) is 9.97 Å². The zero-order valence-electron chi connectivity index (χ0n) is 14.6. The molecular formula is C20H14N8. The molecule has 0 aliphatic heterocycles. The summed E-state index contributed by atoms with van der Waals surface area (Å²) in [4.78, 5) is 17.7. The zero-order valence-corrected chi connectivity index (χ0v) is 14.6. The number of nitrogens with one attached hydrogen (secondary N) is 2. The van der Waals surface area contributed by atoms with Crippen molar-refractivity contribution in [2.45, 2.75) is 0 Å². The molecule has 8 nitrogen and oxygen atoms in total. The van der Waals surface area contributed by atoms with Crippen LogP contribution in [0.5, 0.6) is 0 Å². The van der Waals surface area contributed by atoms with Gasteiger partial charge in [-0.1, -0.05) is 30.3 Å². The Bertz CT molecular complexity index is 1120. The van der Waals surface area contributed by atoms with E-state index >= 15 is 0 Å². The highest BCUT2D eigenvalue weighted by atomic mass is 15.2.